The highest BCUT2D eigenvalue weighted by atomic mass is 127. The molecule has 0 fully saturated rings. The lowest BCUT2D eigenvalue weighted by Gasteiger charge is -2.17. The minimum atomic E-state index is -4.70. The Morgan fingerprint density at radius 3 is 2.33 bits per heavy atom. The Hall–Kier alpha value is -1.24. The van der Waals surface area contributed by atoms with Crippen molar-refractivity contribution in [3.8, 4) is 5.75 Å². The number of nitrogens with zero attached hydrogens (tertiary/aromatic N) is 1. The molecule has 1 aromatic rings. The van der Waals surface area contributed by atoms with E-state index in [4.69, 9.17) is 0 Å². The van der Waals surface area contributed by atoms with Crippen molar-refractivity contribution in [1.29, 1.82) is 0 Å². The number of hydrogen-bond donors (Lipinski definition) is 2. The molecule has 2 N–H and O–H groups in total. The number of aliphatic imine (C=N–C) groups is 1. The van der Waals surface area contributed by atoms with Crippen LogP contribution in [0.2, 0.25) is 0 Å². The fraction of sp³-hybridized carbons (Fsp3) is 0.562. The molecule has 0 bridgehead atoms. The third kappa shape index (κ3) is 12.7. The van der Waals surface area contributed by atoms with Gasteiger partial charge in [-0.2, -0.15) is 0 Å². The molecule has 0 spiro atoms. The molecule has 0 aromatic heterocycles. The van der Waals surface area contributed by atoms with Crippen LogP contribution in [-0.2, 0) is 16.3 Å². The van der Waals surface area contributed by atoms with Crippen LogP contribution in [0.5, 0.6) is 5.75 Å². The third-order valence-corrected chi connectivity index (χ3v) is 4.37. The van der Waals surface area contributed by atoms with Crippen LogP contribution in [0, 0.1) is 0 Å². The topological polar surface area (TPSA) is 79.8 Å². The van der Waals surface area contributed by atoms with Crippen molar-refractivity contribution >= 4 is 39.8 Å². The first kappa shape index (κ1) is 25.8. The first-order valence-corrected chi connectivity index (χ1v) is 10.0. The fourth-order valence-corrected chi connectivity index (χ4v) is 2.86. The van der Waals surface area contributed by atoms with Crippen LogP contribution in [0.4, 0.5) is 13.2 Å². The molecule has 11 heteroatoms. The molecule has 1 aromatic carbocycles. The minimum Gasteiger partial charge on any atom is -0.406 e. The monoisotopic (exact) mass is 523 g/mol. The molecule has 0 saturated carbocycles. The second-order valence-electron chi connectivity index (χ2n) is 5.90. The van der Waals surface area contributed by atoms with Crippen molar-refractivity contribution in [2.24, 2.45) is 4.99 Å². The van der Waals surface area contributed by atoms with Crippen molar-refractivity contribution < 1.29 is 26.3 Å². The maximum absolute atomic E-state index is 12.1. The van der Waals surface area contributed by atoms with Crippen molar-refractivity contribution in [2.45, 2.75) is 32.2 Å². The summed E-state index contributed by atoms with van der Waals surface area (Å²) >= 11 is 0. The Morgan fingerprint density at radius 1 is 1.26 bits per heavy atom. The molecule has 0 aliphatic rings. The number of guanidine groups is 1. The molecule has 6 nitrogen and oxygen atoms in total. The van der Waals surface area contributed by atoms with Gasteiger partial charge in [0.25, 0.3) is 0 Å². The van der Waals surface area contributed by atoms with Crippen LogP contribution in [0.15, 0.2) is 29.3 Å². The number of halogens is 4. The van der Waals surface area contributed by atoms with Crippen molar-refractivity contribution in [1.82, 2.24) is 10.6 Å². The Kier molecular flexibility index (Phi) is 11.0. The van der Waals surface area contributed by atoms with E-state index >= 15 is 0 Å². The highest BCUT2D eigenvalue weighted by Gasteiger charge is 2.30. The first-order chi connectivity index (χ1) is 12.0. The zero-order chi connectivity index (χ0) is 19.8. The molecule has 27 heavy (non-hydrogen) atoms. The van der Waals surface area contributed by atoms with Gasteiger partial charge in [-0.15, -0.1) is 37.1 Å². The van der Waals surface area contributed by atoms with Gasteiger partial charge in [0.05, 0.1) is 5.75 Å². The normalized spacial score (nSPS) is 13.5. The van der Waals surface area contributed by atoms with E-state index in [1.807, 2.05) is 6.92 Å². The van der Waals surface area contributed by atoms with E-state index in [1.165, 1.54) is 18.4 Å². The largest absolute Gasteiger partial charge is 0.573 e. The summed E-state index contributed by atoms with van der Waals surface area (Å²) in [7, 11) is -1.41. The summed E-state index contributed by atoms with van der Waals surface area (Å²) in [6.45, 7) is 2.37. The highest BCUT2D eigenvalue weighted by molar-refractivity contribution is 14.0. The van der Waals surface area contributed by atoms with Crippen LogP contribution < -0.4 is 15.4 Å². The average molecular weight is 523 g/mol. The summed E-state index contributed by atoms with van der Waals surface area (Å²) in [5, 5.41) is 6.17. The highest BCUT2D eigenvalue weighted by Crippen LogP contribution is 2.22. The number of sulfone groups is 1. The first-order valence-electron chi connectivity index (χ1n) is 7.98. The van der Waals surface area contributed by atoms with Gasteiger partial charge in [0.2, 0.25) is 0 Å². The molecule has 156 valence electrons. The van der Waals surface area contributed by atoms with Gasteiger partial charge in [-0.1, -0.05) is 12.1 Å². The number of ether oxygens (including phenoxy) is 1. The maximum Gasteiger partial charge on any atom is 0.573 e. The molecule has 0 aliphatic heterocycles. The van der Waals surface area contributed by atoms with E-state index in [9.17, 15) is 21.6 Å². The Labute approximate surface area is 174 Å². The van der Waals surface area contributed by atoms with Crippen LogP contribution in [-0.4, -0.2) is 52.4 Å². The van der Waals surface area contributed by atoms with Gasteiger partial charge in [-0.05, 0) is 37.5 Å². The van der Waals surface area contributed by atoms with Crippen LogP contribution in [0.3, 0.4) is 0 Å². The molecular formula is C16H25F3IN3O3S. The zero-order valence-corrected chi connectivity index (χ0v) is 18.5. The van der Waals surface area contributed by atoms with Gasteiger partial charge < -0.3 is 15.4 Å². The number of benzene rings is 1. The van der Waals surface area contributed by atoms with Crippen LogP contribution >= 0.6 is 24.0 Å². The maximum atomic E-state index is 12.1. The quantitative estimate of drug-likeness (QED) is 0.311. The molecular weight excluding hydrogens is 498 g/mol. The molecule has 0 aliphatic carbocycles. The summed E-state index contributed by atoms with van der Waals surface area (Å²) in [5.41, 5.74) is 0.840. The predicted molar refractivity (Wildman–Crippen MR) is 111 cm³/mol. The average Bonchev–Trinajstić information content (AvgIpc) is 2.51. The molecule has 1 rings (SSSR count). The van der Waals surface area contributed by atoms with Gasteiger partial charge in [0.15, 0.2) is 5.96 Å². The lowest BCUT2D eigenvalue weighted by molar-refractivity contribution is -0.274. The van der Waals surface area contributed by atoms with Crippen LogP contribution in [0.25, 0.3) is 0 Å². The Bertz CT molecular complexity index is 695. The Balaban J connectivity index is 0.00000676. The number of alkyl halides is 3. The van der Waals surface area contributed by atoms with E-state index in [2.05, 4.69) is 20.4 Å². The summed E-state index contributed by atoms with van der Waals surface area (Å²) in [6.07, 6.45) is -2.47. The smallest absolute Gasteiger partial charge is 0.406 e. The van der Waals surface area contributed by atoms with Gasteiger partial charge in [0.1, 0.15) is 15.6 Å². The molecule has 0 heterocycles. The Morgan fingerprint density at radius 2 is 1.85 bits per heavy atom. The predicted octanol–water partition coefficient (Wildman–Crippen LogP) is 2.73. The molecule has 0 amide bonds. The summed E-state index contributed by atoms with van der Waals surface area (Å²) < 4.78 is 62.5. The SMILES string of the molecule is CN=C(NCCc1ccc(OC(F)(F)F)cc1)NC(C)CCS(C)(=O)=O.I. The van der Waals surface area contributed by atoms with E-state index < -0.39 is 16.2 Å². The lowest BCUT2D eigenvalue weighted by Crippen LogP contribution is -2.43. The molecule has 0 saturated heterocycles. The van der Waals surface area contributed by atoms with Crippen molar-refractivity contribution in [2.75, 3.05) is 25.6 Å². The van der Waals surface area contributed by atoms with E-state index in [0.29, 0.717) is 25.3 Å². The second kappa shape index (κ2) is 11.6. The zero-order valence-electron chi connectivity index (χ0n) is 15.3. The van der Waals surface area contributed by atoms with Gasteiger partial charge >= 0.3 is 6.36 Å². The minimum absolute atomic E-state index is 0. The number of rotatable bonds is 8. The third-order valence-electron chi connectivity index (χ3n) is 3.39. The standard InChI is InChI=1S/C16H24F3N3O3S.HI/c1-12(9-11-26(3,23)24)22-15(20-2)21-10-8-13-4-6-14(7-5-13)25-16(17,18)19;/h4-7,12H,8-11H2,1-3H3,(H2,20,21,22);1H. The van der Waals surface area contributed by atoms with E-state index in [1.54, 1.807) is 19.2 Å². The number of nitrogens with one attached hydrogen (secondary N) is 2. The van der Waals surface area contributed by atoms with E-state index in [0.717, 1.165) is 5.56 Å². The van der Waals surface area contributed by atoms with Crippen molar-refractivity contribution in [3.05, 3.63) is 29.8 Å². The van der Waals surface area contributed by atoms with E-state index in [-0.39, 0.29) is 41.5 Å². The van der Waals surface area contributed by atoms with Crippen molar-refractivity contribution in [3.63, 3.8) is 0 Å². The summed E-state index contributed by atoms with van der Waals surface area (Å²) in [4.78, 5) is 4.06. The number of hydrogen-bond acceptors (Lipinski definition) is 4. The molecule has 0 radical (unpaired) electrons. The summed E-state index contributed by atoms with van der Waals surface area (Å²) in [6, 6.07) is 5.59. The van der Waals surface area contributed by atoms with Gasteiger partial charge in [-0.25, -0.2) is 8.42 Å². The fourth-order valence-electron chi connectivity index (χ4n) is 2.07. The summed E-state index contributed by atoms with van der Waals surface area (Å²) in [5.74, 6) is 0.360. The second-order valence-corrected chi connectivity index (χ2v) is 8.16. The van der Waals surface area contributed by atoms with Gasteiger partial charge in [0, 0.05) is 25.9 Å². The molecule has 1 atom stereocenters. The van der Waals surface area contributed by atoms with Gasteiger partial charge in [-0.3, -0.25) is 4.99 Å². The molecule has 1 unspecified atom stereocenters. The van der Waals surface area contributed by atoms with Crippen LogP contribution in [0.1, 0.15) is 18.9 Å². The lowest BCUT2D eigenvalue weighted by atomic mass is 10.1.